The Morgan fingerprint density at radius 2 is 2.33 bits per heavy atom. The lowest BCUT2D eigenvalue weighted by molar-refractivity contribution is -0.386. The molecule has 18 heavy (non-hydrogen) atoms. The van der Waals surface area contributed by atoms with Gasteiger partial charge in [-0.15, -0.1) is 11.3 Å². The zero-order chi connectivity index (χ0) is 13.1. The molecule has 2 aromatic heterocycles. The fourth-order valence-electron chi connectivity index (χ4n) is 1.46. The molecule has 0 aliphatic heterocycles. The molecule has 0 N–H and O–H groups in total. The number of aryl methyl sites for hydroxylation is 1. The molecule has 2 aromatic rings. The van der Waals surface area contributed by atoms with E-state index in [1.807, 2.05) is 11.4 Å². The van der Waals surface area contributed by atoms with Gasteiger partial charge in [0.1, 0.15) is 5.75 Å². The molecule has 0 aromatic carbocycles. The van der Waals surface area contributed by atoms with Crippen molar-refractivity contribution in [1.29, 1.82) is 0 Å². The Morgan fingerprint density at radius 1 is 1.56 bits per heavy atom. The Kier molecular flexibility index (Phi) is 3.42. The van der Waals surface area contributed by atoms with Crippen molar-refractivity contribution in [2.24, 2.45) is 0 Å². The summed E-state index contributed by atoms with van der Waals surface area (Å²) in [6, 6.07) is 1.82. The van der Waals surface area contributed by atoms with E-state index in [2.05, 4.69) is 5.16 Å². The number of nitro groups is 1. The van der Waals surface area contributed by atoms with E-state index in [1.165, 1.54) is 24.3 Å². The van der Waals surface area contributed by atoms with Crippen LogP contribution in [0.2, 0.25) is 0 Å². The number of rotatable bonds is 4. The second kappa shape index (κ2) is 5.01. The summed E-state index contributed by atoms with van der Waals surface area (Å²) in [7, 11) is 1.57. The number of hydrogen-bond donors (Lipinski definition) is 0. The third kappa shape index (κ3) is 2.25. The lowest BCUT2D eigenvalue weighted by Crippen LogP contribution is -1.90. The average Bonchev–Trinajstić information content (AvgIpc) is 2.92. The monoisotopic (exact) mass is 266 g/mol. The molecule has 0 unspecified atom stereocenters. The maximum absolute atomic E-state index is 10.8. The second-order valence-corrected chi connectivity index (χ2v) is 4.37. The Bertz CT molecular complexity index is 600. The summed E-state index contributed by atoms with van der Waals surface area (Å²) in [5.41, 5.74) is 0.152. The minimum atomic E-state index is -0.503. The van der Waals surface area contributed by atoms with Crippen molar-refractivity contribution in [1.82, 2.24) is 5.16 Å². The third-order valence-corrected chi connectivity index (χ3v) is 3.17. The number of thiophene rings is 1. The van der Waals surface area contributed by atoms with Crippen molar-refractivity contribution in [3.05, 3.63) is 37.9 Å². The molecule has 6 nitrogen and oxygen atoms in total. The minimum Gasteiger partial charge on any atom is -0.495 e. The zero-order valence-electron chi connectivity index (χ0n) is 9.75. The van der Waals surface area contributed by atoms with Gasteiger partial charge in [0, 0.05) is 0 Å². The molecule has 2 heterocycles. The summed E-state index contributed by atoms with van der Waals surface area (Å²) < 4.78 is 10.0. The van der Waals surface area contributed by atoms with Gasteiger partial charge in [-0.3, -0.25) is 10.1 Å². The van der Waals surface area contributed by atoms with Crippen LogP contribution in [-0.2, 0) is 0 Å². The quantitative estimate of drug-likeness (QED) is 0.627. The topological polar surface area (TPSA) is 78.4 Å². The van der Waals surface area contributed by atoms with Gasteiger partial charge in [-0.05, 0) is 30.5 Å². The van der Waals surface area contributed by atoms with Crippen LogP contribution in [0.1, 0.15) is 16.3 Å². The van der Waals surface area contributed by atoms with E-state index in [0.29, 0.717) is 0 Å². The van der Waals surface area contributed by atoms with Crippen LogP contribution in [-0.4, -0.2) is 17.2 Å². The van der Waals surface area contributed by atoms with Gasteiger partial charge >= 0.3 is 5.69 Å². The molecule has 0 aliphatic carbocycles. The van der Waals surface area contributed by atoms with E-state index in [9.17, 15) is 10.1 Å². The Hall–Kier alpha value is -2.15. The van der Waals surface area contributed by atoms with Gasteiger partial charge in [0.2, 0.25) is 5.76 Å². The Balaban J connectivity index is 2.32. The molecule has 0 saturated heterocycles. The van der Waals surface area contributed by atoms with Gasteiger partial charge < -0.3 is 9.26 Å². The van der Waals surface area contributed by atoms with Gasteiger partial charge in [-0.1, -0.05) is 5.16 Å². The van der Waals surface area contributed by atoms with Crippen molar-refractivity contribution in [2.45, 2.75) is 6.92 Å². The van der Waals surface area contributed by atoms with Crippen molar-refractivity contribution < 1.29 is 14.2 Å². The van der Waals surface area contributed by atoms with Gasteiger partial charge in [0.25, 0.3) is 0 Å². The predicted octanol–water partition coefficient (Wildman–Crippen LogP) is 3.13. The summed E-state index contributed by atoms with van der Waals surface area (Å²) in [4.78, 5) is 11.2. The molecule has 0 bridgehead atoms. The van der Waals surface area contributed by atoms with Gasteiger partial charge in [-0.2, -0.15) is 0 Å². The molecule has 0 saturated carbocycles. The highest BCUT2D eigenvalue weighted by atomic mass is 32.1. The maximum atomic E-state index is 10.8. The fraction of sp³-hybridized carbons (Fsp3) is 0.182. The summed E-state index contributed by atoms with van der Waals surface area (Å²) in [5, 5.41) is 16.3. The number of methoxy groups -OCH3 is 1. The third-order valence-electron chi connectivity index (χ3n) is 2.30. The second-order valence-electron chi connectivity index (χ2n) is 3.42. The van der Waals surface area contributed by atoms with Crippen LogP contribution in [0.4, 0.5) is 5.69 Å². The van der Waals surface area contributed by atoms with Gasteiger partial charge in [0.15, 0.2) is 5.69 Å². The SMILES string of the molecule is COc1ccsc1/C=C/c1onc(C)c1[N+](=O)[O-]. The van der Waals surface area contributed by atoms with Crippen molar-refractivity contribution in [3.8, 4) is 5.75 Å². The molecule has 0 amide bonds. The van der Waals surface area contributed by atoms with E-state index < -0.39 is 4.92 Å². The summed E-state index contributed by atoms with van der Waals surface area (Å²) in [5.74, 6) is 0.850. The highest BCUT2D eigenvalue weighted by molar-refractivity contribution is 7.11. The smallest absolute Gasteiger partial charge is 0.338 e. The van der Waals surface area contributed by atoms with Crippen molar-refractivity contribution in [3.63, 3.8) is 0 Å². The van der Waals surface area contributed by atoms with Crippen LogP contribution >= 0.6 is 11.3 Å². The predicted molar refractivity (Wildman–Crippen MR) is 67.7 cm³/mol. The molecule has 0 spiro atoms. The van der Waals surface area contributed by atoms with E-state index in [1.54, 1.807) is 13.2 Å². The van der Waals surface area contributed by atoms with E-state index >= 15 is 0 Å². The zero-order valence-corrected chi connectivity index (χ0v) is 10.6. The van der Waals surface area contributed by atoms with Gasteiger partial charge in [-0.25, -0.2) is 0 Å². The Labute approximate surface area is 107 Å². The standard InChI is InChI=1S/C11H10N2O4S/c1-7-11(13(14)15)9(17-12-7)3-4-10-8(16-2)5-6-18-10/h3-6H,1-2H3/b4-3+. The molecule has 94 valence electrons. The summed E-state index contributed by atoms with van der Waals surface area (Å²) >= 11 is 1.47. The average molecular weight is 266 g/mol. The van der Waals surface area contributed by atoms with Crippen LogP contribution in [0.15, 0.2) is 16.0 Å². The first kappa shape index (κ1) is 12.3. The first-order valence-corrected chi connectivity index (χ1v) is 5.91. The van der Waals surface area contributed by atoms with E-state index in [0.717, 1.165) is 10.6 Å². The molecule has 2 rings (SSSR count). The largest absolute Gasteiger partial charge is 0.495 e. The molecular weight excluding hydrogens is 256 g/mol. The van der Waals surface area contributed by atoms with Crippen LogP contribution in [0.3, 0.4) is 0 Å². The first-order chi connectivity index (χ1) is 8.63. The molecule has 0 atom stereocenters. The van der Waals surface area contributed by atoms with Crippen LogP contribution < -0.4 is 4.74 Å². The first-order valence-electron chi connectivity index (χ1n) is 5.03. The van der Waals surface area contributed by atoms with E-state index in [-0.39, 0.29) is 17.1 Å². The van der Waals surface area contributed by atoms with E-state index in [4.69, 9.17) is 9.26 Å². The van der Waals surface area contributed by atoms with Crippen LogP contribution in [0.25, 0.3) is 12.2 Å². The minimum absolute atomic E-state index is 0.109. The Morgan fingerprint density at radius 3 is 3.00 bits per heavy atom. The van der Waals surface area contributed by atoms with Crippen LogP contribution in [0, 0.1) is 17.0 Å². The van der Waals surface area contributed by atoms with Gasteiger partial charge in [0.05, 0.1) is 16.9 Å². The van der Waals surface area contributed by atoms with Crippen molar-refractivity contribution in [2.75, 3.05) is 7.11 Å². The summed E-state index contributed by atoms with van der Waals surface area (Å²) in [6.07, 6.45) is 3.23. The highest BCUT2D eigenvalue weighted by Crippen LogP contribution is 2.29. The number of hydrogen-bond acceptors (Lipinski definition) is 6. The molecular formula is C11H10N2O4S. The lowest BCUT2D eigenvalue weighted by atomic mass is 10.3. The highest BCUT2D eigenvalue weighted by Gasteiger charge is 2.22. The number of aromatic nitrogens is 1. The maximum Gasteiger partial charge on any atom is 0.338 e. The number of ether oxygens (including phenoxy) is 1. The van der Waals surface area contributed by atoms with Crippen molar-refractivity contribution >= 4 is 29.2 Å². The normalized spacial score (nSPS) is 11.0. The molecule has 0 fully saturated rings. The van der Waals surface area contributed by atoms with Crippen LogP contribution in [0.5, 0.6) is 5.75 Å². The molecule has 7 heteroatoms. The lowest BCUT2D eigenvalue weighted by Gasteiger charge is -1.95. The molecule has 0 radical (unpaired) electrons. The fourth-order valence-corrected chi connectivity index (χ4v) is 2.22. The summed E-state index contributed by atoms with van der Waals surface area (Å²) in [6.45, 7) is 1.53. The molecule has 0 aliphatic rings. The number of nitrogens with zero attached hydrogens (tertiary/aromatic N) is 2.